The van der Waals surface area contributed by atoms with Gasteiger partial charge in [0.05, 0.1) is 33.0 Å². The van der Waals surface area contributed by atoms with Gasteiger partial charge in [-0.25, -0.2) is 14.2 Å². The van der Waals surface area contributed by atoms with Crippen LogP contribution in [0, 0.1) is 18.7 Å². The number of hydrogen-bond donors (Lipinski definition) is 2. The molecule has 18 nitrogen and oxygen atoms in total. The SMILES string of the molecule is CCc1cccc2cc(O)cc(-c3ncc4c(N5CCCCCC5)nc(OCC56CCCN5[C@H](COC(=O)N5CCN(c7cc([C@H](C(=O)N8CCC[C@H]8C(=O)N[C@@H](C)c8ccc(-c9scnc9C)cc8)C(C)C)on7)[C@H](C)C5)CC6)nc4c3F)c12. The maximum Gasteiger partial charge on any atom is 0.409 e. The minimum Gasteiger partial charge on any atom is -0.508 e. The quantitative estimate of drug-likeness (QED) is 0.0926. The molecule has 2 N–H and O–H groups in total. The molecule has 0 aliphatic carbocycles. The number of piperazine rings is 1. The summed E-state index contributed by atoms with van der Waals surface area (Å²) in [7, 11) is 0. The number of aromatic hydroxyl groups is 1. The molecular weight excluding hydrogens is 1100 g/mol. The molecule has 0 radical (unpaired) electrons. The maximum atomic E-state index is 17.3. The number of aryl methyl sites for hydroxylation is 2. The van der Waals surface area contributed by atoms with Crippen LogP contribution in [0.25, 0.3) is 43.4 Å². The lowest BCUT2D eigenvalue weighted by molar-refractivity contribution is -0.141. The van der Waals surface area contributed by atoms with Crippen LogP contribution in [0.2, 0.25) is 0 Å². The van der Waals surface area contributed by atoms with Gasteiger partial charge in [-0.15, -0.1) is 11.3 Å². The number of halogens is 1. The number of nitrogens with one attached hydrogen (secondary N) is 1. The molecule has 85 heavy (non-hydrogen) atoms. The Bertz CT molecular complexity index is 3590. The van der Waals surface area contributed by atoms with E-state index in [1.54, 1.807) is 39.5 Å². The van der Waals surface area contributed by atoms with E-state index in [2.05, 4.69) is 49.2 Å². The summed E-state index contributed by atoms with van der Waals surface area (Å²) in [5, 5.41) is 20.7. The summed E-state index contributed by atoms with van der Waals surface area (Å²) in [6.07, 6.45) is 11.1. The van der Waals surface area contributed by atoms with E-state index in [1.165, 1.54) is 0 Å². The molecule has 5 aliphatic rings. The first-order valence-corrected chi connectivity index (χ1v) is 31.6. The van der Waals surface area contributed by atoms with E-state index in [0.29, 0.717) is 67.6 Å². The zero-order chi connectivity index (χ0) is 59.1. The standard InChI is InChI=1S/C65H78FN11O7S/c1-7-43-15-12-16-46-31-48(78)32-49(55(43)46)57-56(66)58-50(34-67-57)60(73-25-10-8-9-11-26-73)71-63(70-58)83-37-65-23-14-28-77(65)47(22-24-65)36-82-64(81)74-29-30-75(40(4)35-74)53-33-52(84-72-53)54(39(2)3)62(80)76-27-13-17-51(76)61(79)69-41(5)44-18-20-45(21-19-44)59-42(6)68-38-85-59/h12,15-16,18-21,31-34,38-41,47,51,54,78H,7-11,13-14,17,22-30,35-37H2,1-6H3,(H,69,79)/t40-,41+,47+,51+,54-,65?/m1/s1. The Hall–Kier alpha value is -7.45. The molecule has 20 heteroatoms. The second-order valence-electron chi connectivity index (χ2n) is 24.5. The van der Waals surface area contributed by atoms with Crippen LogP contribution in [0.5, 0.6) is 11.8 Å². The monoisotopic (exact) mass is 1180 g/mol. The van der Waals surface area contributed by atoms with E-state index < -0.39 is 17.8 Å². The fraction of sp³-hybridized carbons (Fsp3) is 0.508. The number of fused-ring (bicyclic) bond motifs is 3. The Morgan fingerprint density at radius 2 is 1.73 bits per heavy atom. The molecule has 6 atom stereocenters. The molecule has 4 aromatic heterocycles. The average molecular weight is 1180 g/mol. The largest absolute Gasteiger partial charge is 0.508 e. The van der Waals surface area contributed by atoms with Crippen LogP contribution in [-0.4, -0.2) is 145 Å². The number of benzene rings is 3. The highest BCUT2D eigenvalue weighted by Crippen LogP contribution is 2.44. The lowest BCUT2D eigenvalue weighted by atomic mass is 9.91. The molecule has 12 rings (SSSR count). The number of amides is 3. The second-order valence-corrected chi connectivity index (χ2v) is 25.3. The van der Waals surface area contributed by atoms with Crippen LogP contribution in [0.3, 0.4) is 0 Å². The minimum atomic E-state index is -0.642. The normalized spacial score (nSPS) is 21.9. The third-order valence-electron chi connectivity index (χ3n) is 18.7. The third-order valence-corrected chi connectivity index (χ3v) is 19.7. The van der Waals surface area contributed by atoms with E-state index in [-0.39, 0.29) is 77.1 Å². The highest BCUT2D eigenvalue weighted by atomic mass is 32.1. The van der Waals surface area contributed by atoms with E-state index in [9.17, 15) is 19.5 Å². The van der Waals surface area contributed by atoms with Crippen molar-refractivity contribution in [2.75, 3.05) is 68.8 Å². The van der Waals surface area contributed by atoms with Crippen molar-refractivity contribution in [3.8, 4) is 33.5 Å². The highest BCUT2D eigenvalue weighted by Gasteiger charge is 2.50. The molecule has 5 fully saturated rings. The molecule has 0 saturated carbocycles. The van der Waals surface area contributed by atoms with Crippen LogP contribution >= 0.6 is 11.3 Å². The number of aromatic nitrogens is 5. The predicted octanol–water partition coefficient (Wildman–Crippen LogP) is 11.4. The Labute approximate surface area is 500 Å². The molecule has 5 saturated heterocycles. The number of pyridine rings is 1. The molecule has 3 aromatic carbocycles. The van der Waals surface area contributed by atoms with Crippen LogP contribution in [-0.2, 0) is 20.7 Å². The zero-order valence-corrected chi connectivity index (χ0v) is 50.5. The summed E-state index contributed by atoms with van der Waals surface area (Å²) in [6, 6.07) is 18.3. The number of ether oxygens (including phenoxy) is 2. The molecular formula is C65H78FN11O7S. The minimum absolute atomic E-state index is 0.00306. The van der Waals surface area contributed by atoms with Crippen molar-refractivity contribution in [3.63, 3.8) is 0 Å². The number of phenols is 1. The summed E-state index contributed by atoms with van der Waals surface area (Å²) in [6.45, 7) is 16.8. The molecule has 3 amide bonds. The first-order valence-electron chi connectivity index (χ1n) is 30.7. The van der Waals surface area contributed by atoms with E-state index >= 15 is 4.39 Å². The molecule has 9 heterocycles. The van der Waals surface area contributed by atoms with Crippen molar-refractivity contribution in [2.24, 2.45) is 5.92 Å². The Morgan fingerprint density at radius 1 is 0.918 bits per heavy atom. The number of anilines is 2. The van der Waals surface area contributed by atoms with Gasteiger partial charge in [0.1, 0.15) is 48.0 Å². The van der Waals surface area contributed by atoms with Crippen molar-refractivity contribution in [1.29, 1.82) is 0 Å². The number of phenolic OH excluding ortho intramolecular Hbond substituents is 1. The summed E-state index contributed by atoms with van der Waals surface area (Å²) in [4.78, 5) is 72.5. The highest BCUT2D eigenvalue weighted by molar-refractivity contribution is 7.13. The number of hydrogen-bond acceptors (Lipinski definition) is 16. The summed E-state index contributed by atoms with van der Waals surface area (Å²) in [5.41, 5.74) is 6.36. The summed E-state index contributed by atoms with van der Waals surface area (Å²) < 4.78 is 36.1. The Kier molecular flexibility index (Phi) is 16.7. The van der Waals surface area contributed by atoms with Crippen molar-refractivity contribution in [1.82, 2.24) is 45.1 Å². The van der Waals surface area contributed by atoms with Crippen molar-refractivity contribution >= 4 is 62.6 Å². The molecule has 448 valence electrons. The summed E-state index contributed by atoms with van der Waals surface area (Å²) >= 11 is 1.61. The number of carbonyl (C=O) groups is 3. The number of rotatable bonds is 16. The van der Waals surface area contributed by atoms with E-state index in [1.807, 2.05) is 76.5 Å². The van der Waals surface area contributed by atoms with Crippen molar-refractivity contribution in [3.05, 3.63) is 101 Å². The van der Waals surface area contributed by atoms with Gasteiger partial charge in [-0.05, 0) is 131 Å². The molecule has 5 aliphatic heterocycles. The van der Waals surface area contributed by atoms with Crippen LogP contribution in [0.15, 0.2) is 76.9 Å². The van der Waals surface area contributed by atoms with Crippen molar-refractivity contribution in [2.45, 2.75) is 148 Å². The average Bonchev–Trinajstić information content (AvgIpc) is 2.68. The number of carbonyl (C=O) groups excluding carboxylic acids is 3. The van der Waals surface area contributed by atoms with Gasteiger partial charge in [0, 0.05) is 69.2 Å². The van der Waals surface area contributed by atoms with Crippen LogP contribution in [0.1, 0.15) is 133 Å². The topological polar surface area (TPSA) is 196 Å². The van der Waals surface area contributed by atoms with Gasteiger partial charge in [-0.2, -0.15) is 9.97 Å². The lowest BCUT2D eigenvalue weighted by Crippen LogP contribution is -2.54. The zero-order valence-electron chi connectivity index (χ0n) is 49.7. The molecule has 1 unspecified atom stereocenters. The van der Waals surface area contributed by atoms with Gasteiger partial charge in [0.15, 0.2) is 17.4 Å². The van der Waals surface area contributed by atoms with Crippen LogP contribution in [0.4, 0.5) is 20.8 Å². The van der Waals surface area contributed by atoms with Gasteiger partial charge in [-0.1, -0.05) is 81.2 Å². The maximum absolute atomic E-state index is 17.3. The molecule has 0 spiro atoms. The van der Waals surface area contributed by atoms with Crippen molar-refractivity contribution < 1.29 is 37.9 Å². The Balaban J connectivity index is 0.670. The fourth-order valence-corrected chi connectivity index (χ4v) is 15.0. The van der Waals surface area contributed by atoms with Gasteiger partial charge >= 0.3 is 12.1 Å². The fourth-order valence-electron chi connectivity index (χ4n) is 14.2. The van der Waals surface area contributed by atoms with E-state index in [0.717, 1.165) is 122 Å². The Morgan fingerprint density at radius 3 is 2.48 bits per heavy atom. The number of likely N-dealkylation sites (tertiary alicyclic amines) is 1. The number of thiazole rings is 1. The summed E-state index contributed by atoms with van der Waals surface area (Å²) in [5.74, 6) is 0.00743. The molecule has 7 aromatic rings. The number of nitrogens with zero attached hydrogens (tertiary/aromatic N) is 10. The van der Waals surface area contributed by atoms with Gasteiger partial charge in [-0.3, -0.25) is 19.5 Å². The smallest absolute Gasteiger partial charge is 0.409 e. The predicted molar refractivity (Wildman–Crippen MR) is 327 cm³/mol. The first-order chi connectivity index (χ1) is 41.2. The van der Waals surface area contributed by atoms with Gasteiger partial charge in [0.2, 0.25) is 11.8 Å². The first kappa shape index (κ1) is 58.0. The van der Waals surface area contributed by atoms with E-state index in [4.69, 9.17) is 28.9 Å². The molecule has 0 bridgehead atoms. The third kappa shape index (κ3) is 11.5. The van der Waals surface area contributed by atoms with Crippen LogP contribution < -0.4 is 19.9 Å². The lowest BCUT2D eigenvalue weighted by Gasteiger charge is -2.39. The van der Waals surface area contributed by atoms with Gasteiger partial charge in [0.25, 0.3) is 0 Å². The second kappa shape index (κ2) is 24.5. The van der Waals surface area contributed by atoms with Gasteiger partial charge < -0.3 is 44.0 Å².